The summed E-state index contributed by atoms with van der Waals surface area (Å²) in [5.41, 5.74) is 17.5. The van der Waals surface area contributed by atoms with Crippen LogP contribution < -0.4 is 5.32 Å². The van der Waals surface area contributed by atoms with E-state index < -0.39 is 0 Å². The first-order valence-electron chi connectivity index (χ1n) is 16.3. The monoisotopic (exact) mass is 621 g/mol. The average Bonchev–Trinajstić information content (AvgIpc) is 3.15. The fraction of sp³-hybridized carbons (Fsp3) is 0.116. The lowest BCUT2D eigenvalue weighted by Crippen LogP contribution is -2.19. The minimum Gasteiger partial charge on any atom is -0.372 e. The quantitative estimate of drug-likeness (QED) is 0.207. The molecular weight excluding hydrogens is 587 g/mol. The van der Waals surface area contributed by atoms with Crippen LogP contribution in [0.5, 0.6) is 0 Å². The number of fused-ring (bicyclic) bond motifs is 3. The van der Waals surface area contributed by atoms with E-state index >= 15 is 0 Å². The molecule has 1 aliphatic rings. The fourth-order valence-electron chi connectivity index (χ4n) is 6.71. The highest BCUT2D eigenvalue weighted by Crippen LogP contribution is 2.43. The molecule has 1 aliphatic heterocycles. The largest absolute Gasteiger partial charge is 0.372 e. The van der Waals surface area contributed by atoms with Crippen LogP contribution in [0.25, 0.3) is 61.5 Å². The van der Waals surface area contributed by atoms with E-state index in [1.54, 1.807) is 12.4 Å². The average molecular weight is 622 g/mol. The number of rotatable bonds is 5. The van der Waals surface area contributed by atoms with Crippen molar-refractivity contribution in [1.82, 2.24) is 19.9 Å². The summed E-state index contributed by atoms with van der Waals surface area (Å²) in [6.45, 7) is 8.77. The van der Waals surface area contributed by atoms with Gasteiger partial charge in [0.05, 0.1) is 40.0 Å². The van der Waals surface area contributed by atoms with Gasteiger partial charge in [0.1, 0.15) is 0 Å². The van der Waals surface area contributed by atoms with Crippen molar-refractivity contribution in [3.63, 3.8) is 0 Å². The van der Waals surface area contributed by atoms with Crippen molar-refractivity contribution < 1.29 is 0 Å². The molecule has 0 spiro atoms. The van der Waals surface area contributed by atoms with E-state index in [1.807, 2.05) is 42.6 Å². The van der Waals surface area contributed by atoms with Crippen molar-refractivity contribution in [2.45, 2.75) is 33.7 Å². The molecule has 1 N–H and O–H groups in total. The van der Waals surface area contributed by atoms with Crippen molar-refractivity contribution >= 4 is 22.2 Å². The van der Waals surface area contributed by atoms with Crippen LogP contribution in [-0.4, -0.2) is 19.9 Å². The second-order valence-electron chi connectivity index (χ2n) is 12.6. The van der Waals surface area contributed by atoms with Crippen LogP contribution in [0.2, 0.25) is 0 Å². The van der Waals surface area contributed by atoms with Gasteiger partial charge in [-0.25, -0.2) is 4.98 Å². The van der Waals surface area contributed by atoms with Crippen molar-refractivity contribution in [3.8, 4) is 45.0 Å². The zero-order valence-corrected chi connectivity index (χ0v) is 27.5. The molecular formula is C43H35N5. The highest BCUT2D eigenvalue weighted by Gasteiger charge is 2.26. The van der Waals surface area contributed by atoms with Crippen LogP contribution in [0.15, 0.2) is 133 Å². The molecule has 0 aliphatic carbocycles. The smallest absolute Gasteiger partial charge is 0.0942 e. The Hall–Kier alpha value is -5.94. The number of nitrogens with zero attached hydrogens (tertiary/aromatic N) is 4. The molecule has 3 aromatic carbocycles. The highest BCUT2D eigenvalue weighted by molar-refractivity contribution is 6.00. The second-order valence-corrected chi connectivity index (χ2v) is 12.6. The van der Waals surface area contributed by atoms with Crippen molar-refractivity contribution in [3.05, 3.63) is 156 Å². The van der Waals surface area contributed by atoms with Gasteiger partial charge in [-0.15, -0.1) is 0 Å². The maximum atomic E-state index is 4.95. The van der Waals surface area contributed by atoms with Crippen molar-refractivity contribution in [2.24, 2.45) is 0 Å². The Bertz CT molecular complexity index is 2290. The molecule has 8 rings (SSSR count). The SMILES string of the molecule is CC1=C(C)C(c2ccc(-c3cccc(-c4cc(-c5ccccn5)nc(-c5ccccn5)c4)c3)cc2)Nc2c1ccc1c(C)c(C)cnc21. The number of allylic oxidation sites excluding steroid dienone is 1. The Morgan fingerprint density at radius 3 is 1.88 bits per heavy atom. The fourth-order valence-corrected chi connectivity index (χ4v) is 6.71. The molecule has 0 fully saturated rings. The molecule has 48 heavy (non-hydrogen) atoms. The van der Waals surface area contributed by atoms with E-state index in [0.717, 1.165) is 56.2 Å². The number of aryl methyl sites for hydroxylation is 2. The summed E-state index contributed by atoms with van der Waals surface area (Å²) >= 11 is 0. The number of benzene rings is 3. The molecule has 5 nitrogen and oxygen atoms in total. The summed E-state index contributed by atoms with van der Waals surface area (Å²) in [4.78, 5) is 19.0. The number of hydrogen-bond acceptors (Lipinski definition) is 5. The lowest BCUT2D eigenvalue weighted by molar-refractivity contribution is 0.900. The third kappa shape index (κ3) is 5.23. The first kappa shape index (κ1) is 29.5. The normalized spacial score (nSPS) is 14.1. The molecule has 0 bridgehead atoms. The number of nitrogens with one attached hydrogen (secondary N) is 1. The second kappa shape index (κ2) is 12.0. The summed E-state index contributed by atoms with van der Waals surface area (Å²) < 4.78 is 0. The predicted molar refractivity (Wildman–Crippen MR) is 197 cm³/mol. The van der Waals surface area contributed by atoms with E-state index in [9.17, 15) is 0 Å². The number of hydrogen-bond donors (Lipinski definition) is 1. The Morgan fingerprint density at radius 1 is 0.562 bits per heavy atom. The molecule has 1 unspecified atom stereocenters. The van der Waals surface area contributed by atoms with Crippen LogP contribution in [0, 0.1) is 13.8 Å². The van der Waals surface area contributed by atoms with Crippen LogP contribution in [0.1, 0.15) is 42.1 Å². The standard InChI is InChI=1S/C43H35N5/c1-26-25-46-42-35(27(26)2)18-19-36-28(3)29(4)41(48-43(36)42)31-16-14-30(15-17-31)32-10-9-11-33(22-32)34-23-39(37-12-5-7-20-44-37)47-40(24-34)38-13-6-8-21-45-38/h5-25,41,48H,1-4H3. The van der Waals surface area contributed by atoms with Crippen LogP contribution in [0.4, 0.5) is 5.69 Å². The lowest BCUT2D eigenvalue weighted by atomic mass is 9.86. The Labute approximate surface area is 281 Å². The number of aromatic nitrogens is 4. The minimum atomic E-state index is 0.0683. The maximum absolute atomic E-state index is 4.95. The van der Waals surface area contributed by atoms with E-state index in [1.165, 1.54) is 38.8 Å². The van der Waals surface area contributed by atoms with Gasteiger partial charge in [-0.2, -0.15) is 0 Å². The van der Waals surface area contributed by atoms with E-state index in [4.69, 9.17) is 9.97 Å². The summed E-state index contributed by atoms with van der Waals surface area (Å²) in [7, 11) is 0. The summed E-state index contributed by atoms with van der Waals surface area (Å²) in [6.07, 6.45) is 5.59. The first-order chi connectivity index (χ1) is 23.4. The zero-order valence-electron chi connectivity index (χ0n) is 27.5. The molecule has 0 amide bonds. The summed E-state index contributed by atoms with van der Waals surface area (Å²) in [5.74, 6) is 0. The van der Waals surface area contributed by atoms with Gasteiger partial charge in [-0.1, -0.05) is 66.7 Å². The summed E-state index contributed by atoms with van der Waals surface area (Å²) in [6, 6.07) is 38.2. The van der Waals surface area contributed by atoms with Gasteiger partial charge in [0.15, 0.2) is 0 Å². The zero-order chi connectivity index (χ0) is 32.8. The summed E-state index contributed by atoms with van der Waals surface area (Å²) in [5, 5.41) is 5.08. The molecule has 0 saturated carbocycles. The third-order valence-electron chi connectivity index (χ3n) is 9.73. The van der Waals surface area contributed by atoms with Gasteiger partial charge in [-0.05, 0) is 120 Å². The molecule has 1 atom stereocenters. The molecule has 7 aromatic rings. The molecule has 0 saturated heterocycles. The Balaban J connectivity index is 1.14. The molecule has 5 heteroatoms. The highest BCUT2D eigenvalue weighted by atomic mass is 15.0. The van der Waals surface area contributed by atoms with Crippen molar-refractivity contribution in [1.29, 1.82) is 0 Å². The maximum Gasteiger partial charge on any atom is 0.0942 e. The first-order valence-corrected chi connectivity index (χ1v) is 16.3. The Morgan fingerprint density at radius 2 is 1.23 bits per heavy atom. The number of anilines is 1. The van der Waals surface area contributed by atoms with Crippen LogP contribution in [0.3, 0.4) is 0 Å². The molecule has 0 radical (unpaired) electrons. The van der Waals surface area contributed by atoms with E-state index in [0.29, 0.717) is 0 Å². The minimum absolute atomic E-state index is 0.0683. The van der Waals surface area contributed by atoms with Gasteiger partial charge in [-0.3, -0.25) is 15.0 Å². The lowest BCUT2D eigenvalue weighted by Gasteiger charge is -2.31. The topological polar surface area (TPSA) is 63.6 Å². The van der Waals surface area contributed by atoms with Crippen molar-refractivity contribution in [2.75, 3.05) is 5.32 Å². The van der Waals surface area contributed by atoms with Gasteiger partial charge in [0.2, 0.25) is 0 Å². The third-order valence-corrected chi connectivity index (χ3v) is 9.73. The molecule has 5 heterocycles. The molecule has 4 aromatic heterocycles. The van der Waals surface area contributed by atoms with Gasteiger partial charge >= 0.3 is 0 Å². The van der Waals surface area contributed by atoms with Gasteiger partial charge in [0, 0.05) is 29.5 Å². The molecule has 232 valence electrons. The number of pyridine rings is 4. The predicted octanol–water partition coefficient (Wildman–Crippen LogP) is 10.7. The van der Waals surface area contributed by atoms with Crippen LogP contribution >= 0.6 is 0 Å². The van der Waals surface area contributed by atoms with E-state index in [2.05, 4.69) is 116 Å². The Kier molecular flexibility index (Phi) is 7.37. The van der Waals surface area contributed by atoms with Gasteiger partial charge < -0.3 is 5.32 Å². The van der Waals surface area contributed by atoms with Crippen LogP contribution in [-0.2, 0) is 0 Å². The van der Waals surface area contributed by atoms with Gasteiger partial charge in [0.25, 0.3) is 0 Å². The van der Waals surface area contributed by atoms with E-state index in [-0.39, 0.29) is 6.04 Å².